The summed E-state index contributed by atoms with van der Waals surface area (Å²) in [6, 6.07) is 10.1. The van der Waals surface area contributed by atoms with Gasteiger partial charge in [0.2, 0.25) is 0 Å². The normalized spacial score (nSPS) is 19.8. The van der Waals surface area contributed by atoms with Crippen molar-refractivity contribution in [1.29, 1.82) is 0 Å². The Kier molecular flexibility index (Phi) is 3.69. The number of amides is 1. The number of rotatable bonds is 3. The summed E-state index contributed by atoms with van der Waals surface area (Å²) in [6.45, 7) is 0.845. The minimum Gasteiger partial charge on any atom is -0.349 e. The van der Waals surface area contributed by atoms with Crippen molar-refractivity contribution in [2.24, 2.45) is 0 Å². The molecular formula is C20H21N5O. The standard InChI is InChI=1S/C20H21N5O/c26-20(22-14-7-8-19-24-21-12-25(19)10-9-14)16-11-18(13-5-6-13)23-17-4-2-1-3-15(16)17/h1-4,11-14H,5-10H2,(H,22,26). The Morgan fingerprint density at radius 2 is 2.04 bits per heavy atom. The summed E-state index contributed by atoms with van der Waals surface area (Å²) >= 11 is 0. The Morgan fingerprint density at radius 1 is 1.15 bits per heavy atom. The molecular weight excluding hydrogens is 326 g/mol. The van der Waals surface area contributed by atoms with E-state index in [-0.39, 0.29) is 11.9 Å². The first-order valence-electron chi connectivity index (χ1n) is 9.35. The molecule has 0 spiro atoms. The molecule has 0 radical (unpaired) electrons. The van der Waals surface area contributed by atoms with Crippen molar-refractivity contribution in [3.8, 4) is 0 Å². The van der Waals surface area contributed by atoms with Gasteiger partial charge in [0, 0.05) is 36.0 Å². The molecule has 1 aromatic carbocycles. The van der Waals surface area contributed by atoms with Crippen LogP contribution in [0.3, 0.4) is 0 Å². The highest BCUT2D eigenvalue weighted by atomic mass is 16.1. The van der Waals surface area contributed by atoms with E-state index < -0.39 is 0 Å². The van der Waals surface area contributed by atoms with E-state index in [1.54, 1.807) is 6.33 Å². The molecule has 6 nitrogen and oxygen atoms in total. The van der Waals surface area contributed by atoms with Crippen LogP contribution in [0, 0.1) is 0 Å². The summed E-state index contributed by atoms with van der Waals surface area (Å²) in [6.07, 6.45) is 6.76. The van der Waals surface area contributed by atoms with Crippen LogP contribution in [0.5, 0.6) is 0 Å². The second kappa shape index (κ2) is 6.20. The number of benzene rings is 1. The summed E-state index contributed by atoms with van der Waals surface area (Å²) in [5, 5.41) is 12.3. The van der Waals surface area contributed by atoms with E-state index in [9.17, 15) is 4.79 Å². The number of hydrogen-bond acceptors (Lipinski definition) is 4. The third-order valence-electron chi connectivity index (χ3n) is 5.44. The fraction of sp³-hybridized carbons (Fsp3) is 0.400. The molecule has 26 heavy (non-hydrogen) atoms. The maximum Gasteiger partial charge on any atom is 0.252 e. The Balaban J connectivity index is 1.40. The highest BCUT2D eigenvalue weighted by Crippen LogP contribution is 2.40. The number of nitrogens with one attached hydrogen (secondary N) is 1. The van der Waals surface area contributed by atoms with Crippen molar-refractivity contribution in [3.05, 3.63) is 53.7 Å². The number of nitrogens with zero attached hydrogens (tertiary/aromatic N) is 4. The van der Waals surface area contributed by atoms with Gasteiger partial charge in [0.15, 0.2) is 0 Å². The van der Waals surface area contributed by atoms with Gasteiger partial charge in [-0.1, -0.05) is 18.2 Å². The molecule has 1 aliphatic carbocycles. The Hall–Kier alpha value is -2.76. The molecule has 5 rings (SSSR count). The molecule has 0 saturated heterocycles. The van der Waals surface area contributed by atoms with Crippen LogP contribution in [0.4, 0.5) is 0 Å². The molecule has 2 aromatic heterocycles. The molecule has 6 heteroatoms. The Labute approximate surface area is 151 Å². The van der Waals surface area contributed by atoms with Gasteiger partial charge in [-0.25, -0.2) is 0 Å². The molecule has 1 atom stereocenters. The van der Waals surface area contributed by atoms with Gasteiger partial charge in [-0.15, -0.1) is 10.2 Å². The van der Waals surface area contributed by atoms with Crippen molar-refractivity contribution in [2.45, 2.75) is 50.6 Å². The van der Waals surface area contributed by atoms with Crippen molar-refractivity contribution in [1.82, 2.24) is 25.1 Å². The number of carbonyl (C=O) groups excluding carboxylic acids is 1. The first-order valence-corrected chi connectivity index (χ1v) is 9.35. The van der Waals surface area contributed by atoms with Crippen LogP contribution >= 0.6 is 0 Å². The quantitative estimate of drug-likeness (QED) is 0.791. The summed E-state index contributed by atoms with van der Waals surface area (Å²) < 4.78 is 2.08. The highest BCUT2D eigenvalue weighted by molar-refractivity contribution is 6.06. The van der Waals surface area contributed by atoms with E-state index in [0.717, 1.165) is 53.8 Å². The zero-order valence-corrected chi connectivity index (χ0v) is 14.6. The second-order valence-corrected chi connectivity index (χ2v) is 7.32. The monoisotopic (exact) mass is 347 g/mol. The first-order chi connectivity index (χ1) is 12.8. The van der Waals surface area contributed by atoms with Gasteiger partial charge in [-0.3, -0.25) is 9.78 Å². The van der Waals surface area contributed by atoms with Gasteiger partial charge in [-0.2, -0.15) is 0 Å². The van der Waals surface area contributed by atoms with Crippen LogP contribution < -0.4 is 5.32 Å². The van der Waals surface area contributed by atoms with Gasteiger partial charge in [0.25, 0.3) is 5.91 Å². The van der Waals surface area contributed by atoms with Gasteiger partial charge < -0.3 is 9.88 Å². The maximum absolute atomic E-state index is 13.1. The lowest BCUT2D eigenvalue weighted by molar-refractivity contribution is 0.0934. The lowest BCUT2D eigenvalue weighted by Gasteiger charge is -2.17. The molecule has 3 heterocycles. The lowest BCUT2D eigenvalue weighted by Crippen LogP contribution is -2.35. The van der Waals surface area contributed by atoms with E-state index in [1.165, 1.54) is 12.8 Å². The third-order valence-corrected chi connectivity index (χ3v) is 5.44. The van der Waals surface area contributed by atoms with E-state index in [2.05, 4.69) is 20.1 Å². The highest BCUT2D eigenvalue weighted by Gasteiger charge is 2.27. The van der Waals surface area contributed by atoms with Crippen molar-refractivity contribution >= 4 is 16.8 Å². The molecule has 2 aliphatic rings. The SMILES string of the molecule is O=C(NC1CCc2nncn2CC1)c1cc(C2CC2)nc2ccccc12. The molecule has 1 fully saturated rings. The van der Waals surface area contributed by atoms with Crippen molar-refractivity contribution < 1.29 is 4.79 Å². The number of fused-ring (bicyclic) bond motifs is 2. The summed E-state index contributed by atoms with van der Waals surface area (Å²) in [5.74, 6) is 1.54. The van der Waals surface area contributed by atoms with Crippen molar-refractivity contribution in [3.63, 3.8) is 0 Å². The lowest BCUT2D eigenvalue weighted by atomic mass is 10.0. The van der Waals surface area contributed by atoms with Crippen LogP contribution in [-0.4, -0.2) is 31.7 Å². The molecule has 0 bridgehead atoms. The molecule has 1 amide bonds. The molecule has 1 saturated carbocycles. The summed E-state index contributed by atoms with van der Waals surface area (Å²) in [4.78, 5) is 17.8. The second-order valence-electron chi connectivity index (χ2n) is 7.32. The van der Waals surface area contributed by atoms with E-state index in [1.807, 2.05) is 30.3 Å². The van der Waals surface area contributed by atoms with Crippen LogP contribution in [0.15, 0.2) is 36.7 Å². The summed E-state index contributed by atoms with van der Waals surface area (Å²) in [5.41, 5.74) is 2.72. The number of carbonyl (C=O) groups is 1. The van der Waals surface area contributed by atoms with Gasteiger partial charge >= 0.3 is 0 Å². The van der Waals surface area contributed by atoms with Crippen LogP contribution in [0.2, 0.25) is 0 Å². The maximum atomic E-state index is 13.1. The van der Waals surface area contributed by atoms with Gasteiger partial charge in [0.05, 0.1) is 11.1 Å². The Bertz CT molecular complexity index is 953. The fourth-order valence-corrected chi connectivity index (χ4v) is 3.78. The topological polar surface area (TPSA) is 72.7 Å². The van der Waals surface area contributed by atoms with Crippen LogP contribution in [-0.2, 0) is 13.0 Å². The minimum absolute atomic E-state index is 0.00756. The third kappa shape index (κ3) is 2.85. The van der Waals surface area contributed by atoms with Crippen LogP contribution in [0.1, 0.15) is 53.5 Å². The predicted octanol–water partition coefficient (Wildman–Crippen LogP) is 2.84. The van der Waals surface area contributed by atoms with E-state index >= 15 is 0 Å². The van der Waals surface area contributed by atoms with Crippen molar-refractivity contribution in [2.75, 3.05) is 0 Å². The number of hydrogen-bond donors (Lipinski definition) is 1. The minimum atomic E-state index is 0.00756. The first kappa shape index (κ1) is 15.5. The van der Waals surface area contributed by atoms with Gasteiger partial charge in [-0.05, 0) is 37.8 Å². The average molecular weight is 347 g/mol. The van der Waals surface area contributed by atoms with Crippen LogP contribution in [0.25, 0.3) is 10.9 Å². The molecule has 1 unspecified atom stereocenters. The average Bonchev–Trinajstić information content (AvgIpc) is 3.45. The number of aryl methyl sites for hydroxylation is 2. The molecule has 1 aliphatic heterocycles. The predicted molar refractivity (Wildman–Crippen MR) is 97.9 cm³/mol. The molecule has 1 N–H and O–H groups in total. The Morgan fingerprint density at radius 3 is 2.92 bits per heavy atom. The smallest absolute Gasteiger partial charge is 0.252 e. The summed E-state index contributed by atoms with van der Waals surface area (Å²) in [7, 11) is 0. The van der Waals surface area contributed by atoms with Gasteiger partial charge in [0.1, 0.15) is 12.2 Å². The number of pyridine rings is 1. The zero-order valence-electron chi connectivity index (χ0n) is 14.6. The fourth-order valence-electron chi connectivity index (χ4n) is 3.78. The van der Waals surface area contributed by atoms with E-state index in [4.69, 9.17) is 4.98 Å². The van der Waals surface area contributed by atoms with E-state index in [0.29, 0.717) is 5.92 Å². The number of aromatic nitrogens is 4. The molecule has 3 aromatic rings. The molecule has 132 valence electrons. The number of para-hydroxylation sites is 1. The zero-order chi connectivity index (χ0) is 17.5. The largest absolute Gasteiger partial charge is 0.349 e.